The van der Waals surface area contributed by atoms with Crippen LogP contribution in [0, 0.1) is 0 Å². The van der Waals surface area contributed by atoms with E-state index < -0.39 is 97.5 Å². The maximum atomic E-state index is 13.1. The first-order chi connectivity index (χ1) is 50.7. The normalized spacial score (nSPS) is 14.5. The molecule has 0 aromatic rings. The molecule has 0 heterocycles. The molecular weight excluding hydrogens is 1350 g/mol. The Morgan fingerprint density at radius 1 is 0.279 bits per heavy atom. The summed E-state index contributed by atoms with van der Waals surface area (Å²) in [4.78, 5) is 73.0. The van der Waals surface area contributed by atoms with Crippen LogP contribution in [0.25, 0.3) is 0 Å². The topological polar surface area (TPSA) is 237 Å². The molecule has 19 heteroatoms. The van der Waals surface area contributed by atoms with Gasteiger partial charge in [-0.25, -0.2) is 9.13 Å². The van der Waals surface area contributed by atoms with E-state index in [-0.39, 0.29) is 25.7 Å². The summed E-state index contributed by atoms with van der Waals surface area (Å²) in [7, 11) is -9.98. The molecule has 104 heavy (non-hydrogen) atoms. The Bertz CT molecular complexity index is 2440. The molecule has 0 radical (unpaired) electrons. The molecule has 0 fully saturated rings. The predicted octanol–water partition coefficient (Wildman–Crippen LogP) is 23.9. The second kappa shape index (κ2) is 76.6. The Morgan fingerprint density at radius 3 is 0.817 bits per heavy atom. The van der Waals surface area contributed by atoms with Crippen LogP contribution in [0.15, 0.2) is 122 Å². The number of aliphatic hydroxyl groups excluding tert-OH is 1. The molecule has 0 aromatic carbocycles. The van der Waals surface area contributed by atoms with E-state index >= 15 is 0 Å². The second-order valence-corrected chi connectivity index (χ2v) is 29.9. The number of hydrogen-bond donors (Lipinski definition) is 3. The molecule has 598 valence electrons. The maximum absolute atomic E-state index is 13.1. The average Bonchev–Trinajstić information content (AvgIpc) is 0.939. The highest BCUT2D eigenvalue weighted by Gasteiger charge is 2.30. The zero-order valence-electron chi connectivity index (χ0n) is 65.4. The number of carbonyl (C=O) groups excluding carboxylic acids is 4. The number of aliphatic hydroxyl groups is 1. The van der Waals surface area contributed by atoms with E-state index in [0.29, 0.717) is 32.1 Å². The highest BCUT2D eigenvalue weighted by Crippen LogP contribution is 2.45. The van der Waals surface area contributed by atoms with Crippen LogP contribution in [-0.2, 0) is 65.4 Å². The lowest BCUT2D eigenvalue weighted by Crippen LogP contribution is -2.30. The minimum atomic E-state index is -4.99. The molecule has 0 spiro atoms. The SMILES string of the molecule is CC/C=C\C/C=C\C/C=C\C/C=C\C/C=C\CCCC(=O)OCC(COP(=O)(O)OCC(O)COP(=O)(O)OCC(COC(=O)CCCCCCCC/C=C\C/C=C\C/C=C\C/C=C\CC)OC(=O)CCCCCCCCCCCCCCC)OC(=O)CCCCCCC/C=C\CCCCCCCC. The summed E-state index contributed by atoms with van der Waals surface area (Å²) in [6.07, 6.45) is 84.6. The van der Waals surface area contributed by atoms with Crippen LogP contribution in [0.2, 0.25) is 0 Å². The van der Waals surface area contributed by atoms with Gasteiger partial charge in [-0.05, 0) is 128 Å². The van der Waals surface area contributed by atoms with Crippen molar-refractivity contribution in [1.82, 2.24) is 0 Å². The van der Waals surface area contributed by atoms with E-state index in [1.54, 1.807) is 0 Å². The minimum Gasteiger partial charge on any atom is -0.462 e. The summed E-state index contributed by atoms with van der Waals surface area (Å²) >= 11 is 0. The smallest absolute Gasteiger partial charge is 0.462 e. The Morgan fingerprint density at radius 2 is 0.510 bits per heavy atom. The molecule has 5 atom stereocenters. The van der Waals surface area contributed by atoms with Crippen molar-refractivity contribution in [2.75, 3.05) is 39.6 Å². The average molecular weight is 1500 g/mol. The second-order valence-electron chi connectivity index (χ2n) is 27.0. The third-order valence-corrected chi connectivity index (χ3v) is 18.8. The number of phosphoric ester groups is 2. The molecule has 5 unspecified atom stereocenters. The summed E-state index contributed by atoms with van der Waals surface area (Å²) in [5, 5.41) is 10.6. The van der Waals surface area contributed by atoms with Gasteiger partial charge >= 0.3 is 39.5 Å². The molecule has 0 rings (SSSR count). The van der Waals surface area contributed by atoms with Gasteiger partial charge in [0.2, 0.25) is 0 Å². The highest BCUT2D eigenvalue weighted by molar-refractivity contribution is 7.47. The number of rotatable bonds is 76. The van der Waals surface area contributed by atoms with Crippen molar-refractivity contribution in [2.24, 2.45) is 0 Å². The monoisotopic (exact) mass is 1500 g/mol. The van der Waals surface area contributed by atoms with Gasteiger partial charge in [0.25, 0.3) is 0 Å². The van der Waals surface area contributed by atoms with Crippen LogP contribution < -0.4 is 0 Å². The number of phosphoric acid groups is 2. The molecule has 0 saturated heterocycles. The van der Waals surface area contributed by atoms with E-state index in [2.05, 4.69) is 137 Å². The first-order valence-electron chi connectivity index (χ1n) is 40.8. The van der Waals surface area contributed by atoms with Crippen LogP contribution in [0.1, 0.15) is 336 Å². The number of ether oxygens (including phenoxy) is 4. The lowest BCUT2D eigenvalue weighted by molar-refractivity contribution is -0.161. The number of carbonyl (C=O) groups is 4. The zero-order chi connectivity index (χ0) is 76.0. The van der Waals surface area contributed by atoms with E-state index in [1.807, 2.05) is 12.2 Å². The van der Waals surface area contributed by atoms with Crippen molar-refractivity contribution >= 4 is 39.5 Å². The summed E-state index contributed by atoms with van der Waals surface area (Å²) in [6, 6.07) is 0. The van der Waals surface area contributed by atoms with E-state index in [1.165, 1.54) is 89.9 Å². The molecular formula is C85H146O17P2. The molecule has 3 N–H and O–H groups in total. The Kier molecular flexibility index (Phi) is 73.3. The molecule has 17 nitrogen and oxygen atoms in total. The molecule has 0 aliphatic heterocycles. The maximum Gasteiger partial charge on any atom is 0.472 e. The van der Waals surface area contributed by atoms with Gasteiger partial charge in [-0.2, -0.15) is 0 Å². The summed E-state index contributed by atoms with van der Waals surface area (Å²) in [5.74, 6) is -2.25. The van der Waals surface area contributed by atoms with Gasteiger partial charge in [0.15, 0.2) is 12.2 Å². The van der Waals surface area contributed by atoms with Crippen LogP contribution in [0.5, 0.6) is 0 Å². The Hall–Kier alpha value is -4.54. The van der Waals surface area contributed by atoms with Crippen molar-refractivity contribution in [2.45, 2.75) is 354 Å². The summed E-state index contributed by atoms with van der Waals surface area (Å²) in [6.45, 7) is 4.59. The number of allylic oxidation sites excluding steroid dienone is 20. The van der Waals surface area contributed by atoms with Gasteiger partial charge in [0, 0.05) is 25.7 Å². The van der Waals surface area contributed by atoms with Crippen molar-refractivity contribution in [3.8, 4) is 0 Å². The van der Waals surface area contributed by atoms with Crippen molar-refractivity contribution < 1.29 is 80.2 Å². The Balaban J connectivity index is 5.40. The van der Waals surface area contributed by atoms with E-state index in [4.69, 9.17) is 37.0 Å². The highest BCUT2D eigenvalue weighted by atomic mass is 31.2. The molecule has 0 amide bonds. The predicted molar refractivity (Wildman–Crippen MR) is 427 cm³/mol. The fourth-order valence-electron chi connectivity index (χ4n) is 10.8. The lowest BCUT2D eigenvalue weighted by Gasteiger charge is -2.21. The van der Waals surface area contributed by atoms with Crippen LogP contribution in [0.4, 0.5) is 0 Å². The van der Waals surface area contributed by atoms with E-state index in [9.17, 15) is 43.2 Å². The van der Waals surface area contributed by atoms with Crippen molar-refractivity contribution in [3.63, 3.8) is 0 Å². The van der Waals surface area contributed by atoms with Crippen LogP contribution in [-0.4, -0.2) is 96.7 Å². The largest absolute Gasteiger partial charge is 0.472 e. The van der Waals surface area contributed by atoms with Gasteiger partial charge in [0.05, 0.1) is 26.4 Å². The fourth-order valence-corrected chi connectivity index (χ4v) is 12.4. The zero-order valence-corrected chi connectivity index (χ0v) is 67.2. The van der Waals surface area contributed by atoms with Gasteiger partial charge in [-0.1, -0.05) is 303 Å². The number of unbranched alkanes of at least 4 members (excludes halogenated alkanes) is 30. The molecule has 0 saturated carbocycles. The molecule has 0 aliphatic rings. The van der Waals surface area contributed by atoms with Gasteiger partial charge < -0.3 is 33.8 Å². The van der Waals surface area contributed by atoms with Gasteiger partial charge in [-0.3, -0.25) is 37.3 Å². The first-order valence-corrected chi connectivity index (χ1v) is 43.8. The fraction of sp³-hybridized carbons (Fsp3) is 0.718. The summed E-state index contributed by atoms with van der Waals surface area (Å²) < 4.78 is 68.6. The molecule has 0 bridgehead atoms. The number of esters is 4. The molecule has 0 aromatic heterocycles. The Labute approximate surface area is 632 Å². The van der Waals surface area contributed by atoms with Crippen molar-refractivity contribution in [1.29, 1.82) is 0 Å². The number of hydrogen-bond acceptors (Lipinski definition) is 15. The molecule has 0 aliphatic carbocycles. The van der Waals surface area contributed by atoms with Gasteiger partial charge in [-0.15, -0.1) is 0 Å². The van der Waals surface area contributed by atoms with Gasteiger partial charge in [0.1, 0.15) is 19.3 Å². The lowest BCUT2D eigenvalue weighted by atomic mass is 10.0. The first kappa shape index (κ1) is 99.5. The standard InChI is InChI=1S/C85H146O17P2/c1-5-9-13-17-21-25-29-33-36-38-39-41-44-47-50-54-58-62-66-70-83(88)95-75-80(101-84(89)71-67-63-59-55-51-45-32-28-24-20-16-12-8-4)77-99-103(91,92)97-73-79(86)74-98-104(93,94)100-78-81(102-85(90)72-68-64-60-56-52-48-42-35-31-27-23-19-15-11-7-3)76-96-82(87)69-65-61-57-53-49-46-43-40-37-34-30-26-22-18-14-10-6-2/h9-10,13-14,21-22,25-26,33-37,39,41-43,46,53,57,79-81,86H,5-8,11-12,15-20,23-24,27-32,38,40,44-45,47-52,54-56,58-78H2,1-4H3,(H,91,92)(H,93,94)/b13-9-,14-10-,25-21-,26-22-,36-33-,37-34-,41-39-,42-35-,46-43-,57-53-. The summed E-state index contributed by atoms with van der Waals surface area (Å²) in [5.41, 5.74) is 0. The van der Waals surface area contributed by atoms with E-state index in [0.717, 1.165) is 161 Å². The quantitative estimate of drug-likeness (QED) is 0.0169. The third-order valence-electron chi connectivity index (χ3n) is 16.9. The van der Waals surface area contributed by atoms with Crippen LogP contribution >= 0.6 is 15.6 Å². The minimum absolute atomic E-state index is 0.0718. The third kappa shape index (κ3) is 75.7. The van der Waals surface area contributed by atoms with Crippen LogP contribution in [0.3, 0.4) is 0 Å². The van der Waals surface area contributed by atoms with Crippen molar-refractivity contribution in [3.05, 3.63) is 122 Å².